The van der Waals surface area contributed by atoms with Gasteiger partial charge in [-0.15, -0.1) is 11.3 Å². The third-order valence-electron chi connectivity index (χ3n) is 1.86. The van der Waals surface area contributed by atoms with E-state index in [-0.39, 0.29) is 11.3 Å². The van der Waals surface area contributed by atoms with Gasteiger partial charge in [-0.05, 0) is 26.8 Å². The number of carboxylic acids is 1. The van der Waals surface area contributed by atoms with Crippen molar-refractivity contribution in [3.63, 3.8) is 0 Å². The first-order chi connectivity index (χ1) is 8.90. The van der Waals surface area contributed by atoms with Crippen LogP contribution in [0.2, 0.25) is 0 Å². The highest BCUT2D eigenvalue weighted by Crippen LogP contribution is 2.39. The zero-order chi connectivity index (χ0) is 15.7. The lowest BCUT2D eigenvalue weighted by molar-refractivity contribution is -0.134. The number of hydrogen-bond acceptors (Lipinski definition) is 4. The lowest BCUT2D eigenvalue weighted by Gasteiger charge is -2.19. The van der Waals surface area contributed by atoms with E-state index in [2.05, 4.69) is 0 Å². The molecule has 2 N–H and O–H groups in total. The van der Waals surface area contributed by atoms with Gasteiger partial charge in [0.1, 0.15) is 15.5 Å². The maximum Gasteiger partial charge on any atom is 0.425 e. The molecule has 0 aliphatic carbocycles. The Bertz CT molecular complexity index is 531. The molecule has 0 atom stereocenters. The van der Waals surface area contributed by atoms with E-state index in [1.807, 2.05) is 5.32 Å². The minimum Gasteiger partial charge on any atom is -0.478 e. The Morgan fingerprint density at radius 3 is 2.25 bits per heavy atom. The van der Waals surface area contributed by atoms with E-state index in [9.17, 15) is 22.8 Å². The zero-order valence-corrected chi connectivity index (χ0v) is 11.6. The molecule has 0 saturated carbocycles. The van der Waals surface area contributed by atoms with Crippen LogP contribution in [-0.4, -0.2) is 22.8 Å². The van der Waals surface area contributed by atoms with Crippen molar-refractivity contribution < 1.29 is 32.6 Å². The lowest BCUT2D eigenvalue weighted by atomic mass is 10.2. The average molecular weight is 311 g/mol. The predicted octanol–water partition coefficient (Wildman–Crippen LogP) is 3.81. The smallest absolute Gasteiger partial charge is 0.425 e. The molecule has 0 aliphatic heterocycles. The van der Waals surface area contributed by atoms with Crippen LogP contribution >= 0.6 is 11.3 Å². The van der Waals surface area contributed by atoms with Crippen LogP contribution in [0, 0.1) is 0 Å². The molecule has 20 heavy (non-hydrogen) atoms. The van der Waals surface area contributed by atoms with Crippen molar-refractivity contribution in [3.05, 3.63) is 16.5 Å². The topological polar surface area (TPSA) is 75.6 Å². The number of anilines is 1. The molecule has 1 heterocycles. The fourth-order valence-electron chi connectivity index (χ4n) is 1.18. The molecular weight excluding hydrogens is 299 g/mol. The molecule has 0 spiro atoms. The van der Waals surface area contributed by atoms with Crippen molar-refractivity contribution in [3.8, 4) is 0 Å². The molecule has 9 heteroatoms. The predicted molar refractivity (Wildman–Crippen MR) is 66.1 cm³/mol. The number of rotatable bonds is 2. The van der Waals surface area contributed by atoms with Crippen molar-refractivity contribution in [1.82, 2.24) is 0 Å². The van der Waals surface area contributed by atoms with Gasteiger partial charge < -0.3 is 9.84 Å². The molecule has 1 aromatic rings. The molecule has 112 valence electrons. The second-order valence-electron chi connectivity index (χ2n) is 4.78. The average Bonchev–Trinajstić information content (AvgIpc) is 2.57. The van der Waals surface area contributed by atoms with Crippen LogP contribution in [0.5, 0.6) is 0 Å². The first-order valence-corrected chi connectivity index (χ1v) is 6.16. The summed E-state index contributed by atoms with van der Waals surface area (Å²) >= 11 is 0.131. The van der Waals surface area contributed by atoms with Gasteiger partial charge in [0, 0.05) is 0 Å². The second kappa shape index (κ2) is 5.31. The highest BCUT2D eigenvalue weighted by atomic mass is 32.1. The number of aromatic carboxylic acids is 1. The molecule has 0 radical (unpaired) electrons. The summed E-state index contributed by atoms with van der Waals surface area (Å²) in [5, 5.41) is 10.4. The third kappa shape index (κ3) is 4.41. The van der Waals surface area contributed by atoms with Crippen LogP contribution in [0.15, 0.2) is 6.07 Å². The first kappa shape index (κ1) is 16.3. The van der Waals surface area contributed by atoms with Gasteiger partial charge >= 0.3 is 18.2 Å². The number of hydrogen-bond donors (Lipinski definition) is 2. The van der Waals surface area contributed by atoms with Crippen LogP contribution in [-0.2, 0) is 10.9 Å². The van der Waals surface area contributed by atoms with Crippen LogP contribution in [0.3, 0.4) is 0 Å². The number of ether oxygens (including phenoxy) is 1. The minimum atomic E-state index is -4.68. The number of carbonyl (C=O) groups excluding carboxylic acids is 1. The highest BCUT2D eigenvalue weighted by molar-refractivity contribution is 7.16. The summed E-state index contributed by atoms with van der Waals surface area (Å²) in [6.45, 7) is 4.71. The van der Waals surface area contributed by atoms with Crippen molar-refractivity contribution in [2.75, 3.05) is 5.32 Å². The molecule has 0 aromatic carbocycles. The van der Waals surface area contributed by atoms with Gasteiger partial charge in [-0.1, -0.05) is 0 Å². The molecule has 0 saturated heterocycles. The van der Waals surface area contributed by atoms with Crippen molar-refractivity contribution in [2.24, 2.45) is 0 Å². The standard InChI is InChI=1S/C11H12F3NO4S/c1-10(2,3)19-9(18)15-7-5(8(16)17)4-6(20-7)11(12,13)14/h4H,1-3H3,(H,15,18)(H,16,17). The van der Waals surface area contributed by atoms with E-state index in [0.29, 0.717) is 6.07 Å². The summed E-state index contributed by atoms with van der Waals surface area (Å²) in [4.78, 5) is 21.2. The Morgan fingerprint density at radius 2 is 1.85 bits per heavy atom. The van der Waals surface area contributed by atoms with Gasteiger partial charge in [-0.3, -0.25) is 5.32 Å². The SMILES string of the molecule is CC(C)(C)OC(=O)Nc1sc(C(F)(F)F)cc1C(=O)O. The molecule has 1 aromatic heterocycles. The first-order valence-electron chi connectivity index (χ1n) is 5.34. The van der Waals surface area contributed by atoms with Gasteiger partial charge in [0.25, 0.3) is 0 Å². The van der Waals surface area contributed by atoms with Crippen LogP contribution < -0.4 is 5.32 Å². The molecule has 0 bridgehead atoms. The van der Waals surface area contributed by atoms with Crippen LogP contribution in [0.1, 0.15) is 36.0 Å². The maximum atomic E-state index is 12.5. The normalized spacial score (nSPS) is 12.1. The number of halogens is 3. The zero-order valence-electron chi connectivity index (χ0n) is 10.8. The molecular formula is C11H12F3NO4S. The summed E-state index contributed by atoms with van der Waals surface area (Å²) in [6.07, 6.45) is -5.70. The van der Waals surface area contributed by atoms with Gasteiger partial charge in [0.2, 0.25) is 0 Å². The molecule has 1 rings (SSSR count). The van der Waals surface area contributed by atoms with E-state index in [1.54, 1.807) is 20.8 Å². The van der Waals surface area contributed by atoms with Crippen molar-refractivity contribution in [2.45, 2.75) is 32.5 Å². The molecule has 1 amide bonds. The summed E-state index contributed by atoms with van der Waals surface area (Å²) < 4.78 is 42.4. The number of carboxylic acid groups (broad SMARTS) is 1. The van der Waals surface area contributed by atoms with E-state index >= 15 is 0 Å². The Kier molecular flexibility index (Phi) is 4.33. The Labute approximate surface area is 116 Å². The van der Waals surface area contributed by atoms with E-state index < -0.39 is 39.3 Å². The number of carbonyl (C=O) groups is 2. The molecule has 0 unspecified atom stereocenters. The van der Waals surface area contributed by atoms with Crippen molar-refractivity contribution >= 4 is 28.4 Å². The summed E-state index contributed by atoms with van der Waals surface area (Å²) in [5.74, 6) is -1.57. The number of thiophene rings is 1. The maximum absolute atomic E-state index is 12.5. The second-order valence-corrected chi connectivity index (χ2v) is 5.84. The number of alkyl halides is 3. The Balaban J connectivity index is 3.02. The fraction of sp³-hybridized carbons (Fsp3) is 0.455. The monoisotopic (exact) mass is 311 g/mol. The quantitative estimate of drug-likeness (QED) is 0.870. The highest BCUT2D eigenvalue weighted by Gasteiger charge is 2.35. The van der Waals surface area contributed by atoms with Gasteiger partial charge in [0.15, 0.2) is 0 Å². The Morgan fingerprint density at radius 1 is 1.30 bits per heavy atom. The van der Waals surface area contributed by atoms with Gasteiger partial charge in [0.05, 0.1) is 5.56 Å². The number of nitrogens with one attached hydrogen (secondary N) is 1. The largest absolute Gasteiger partial charge is 0.478 e. The van der Waals surface area contributed by atoms with Gasteiger partial charge in [-0.25, -0.2) is 9.59 Å². The number of amides is 1. The molecule has 5 nitrogen and oxygen atoms in total. The van der Waals surface area contributed by atoms with Crippen LogP contribution in [0.25, 0.3) is 0 Å². The van der Waals surface area contributed by atoms with Gasteiger partial charge in [-0.2, -0.15) is 13.2 Å². The van der Waals surface area contributed by atoms with E-state index in [4.69, 9.17) is 9.84 Å². The third-order valence-corrected chi connectivity index (χ3v) is 2.95. The van der Waals surface area contributed by atoms with E-state index in [0.717, 1.165) is 0 Å². The summed E-state index contributed by atoms with van der Waals surface area (Å²) in [6, 6.07) is 0.472. The minimum absolute atomic E-state index is 0.131. The lowest BCUT2D eigenvalue weighted by Crippen LogP contribution is -2.27. The summed E-state index contributed by atoms with van der Waals surface area (Å²) in [5.41, 5.74) is -1.48. The van der Waals surface area contributed by atoms with Crippen LogP contribution in [0.4, 0.5) is 23.0 Å². The molecule has 0 fully saturated rings. The van der Waals surface area contributed by atoms with E-state index in [1.165, 1.54) is 0 Å². The summed E-state index contributed by atoms with van der Waals surface area (Å²) in [7, 11) is 0. The fourth-order valence-corrected chi connectivity index (χ4v) is 2.08. The molecule has 0 aliphatic rings. The Hall–Kier alpha value is -1.77. The van der Waals surface area contributed by atoms with Crippen molar-refractivity contribution in [1.29, 1.82) is 0 Å².